The van der Waals surface area contributed by atoms with E-state index in [0.29, 0.717) is 36.9 Å². The van der Waals surface area contributed by atoms with Gasteiger partial charge in [0.1, 0.15) is 5.58 Å². The Bertz CT molecular complexity index is 1550. The molecule has 1 fully saturated rings. The van der Waals surface area contributed by atoms with Gasteiger partial charge in [-0.3, -0.25) is 9.59 Å². The summed E-state index contributed by atoms with van der Waals surface area (Å²) >= 11 is 0. The highest BCUT2D eigenvalue weighted by Gasteiger charge is 2.30. The lowest BCUT2D eigenvalue weighted by Crippen LogP contribution is -2.44. The minimum absolute atomic E-state index is 0.0357. The number of hydrogen-bond acceptors (Lipinski definition) is 6. The van der Waals surface area contributed by atoms with Crippen LogP contribution in [0.1, 0.15) is 23.4 Å². The summed E-state index contributed by atoms with van der Waals surface area (Å²) < 4.78 is 34.8. The van der Waals surface area contributed by atoms with Crippen molar-refractivity contribution in [1.82, 2.24) is 9.62 Å². The molecule has 0 radical (unpaired) electrons. The van der Waals surface area contributed by atoms with Crippen LogP contribution in [0.15, 0.2) is 76.0 Å². The van der Waals surface area contributed by atoms with Crippen LogP contribution in [-0.2, 0) is 14.8 Å². The molecule has 8 nitrogen and oxygen atoms in total. The van der Waals surface area contributed by atoms with Gasteiger partial charge in [-0.15, -0.1) is 0 Å². The zero-order valence-electron chi connectivity index (χ0n) is 20.8. The first kappa shape index (κ1) is 25.0. The molecular formula is C28H29N3O5S. The first-order valence-corrected chi connectivity index (χ1v) is 13.7. The maximum Gasteiger partial charge on any atom is 0.298 e. The van der Waals surface area contributed by atoms with Crippen molar-refractivity contribution in [3.63, 3.8) is 0 Å². The summed E-state index contributed by atoms with van der Waals surface area (Å²) in [5.74, 6) is -1.16. The number of nitrogens with one attached hydrogen (secondary N) is 1. The number of hydrogen-bond donors (Lipinski definition) is 1. The van der Waals surface area contributed by atoms with Gasteiger partial charge in [0.15, 0.2) is 5.76 Å². The number of piperidine rings is 1. The molecule has 3 aromatic carbocycles. The number of carbonyl (C=O) groups is 2. The Morgan fingerprint density at radius 2 is 1.68 bits per heavy atom. The number of sulfonamides is 1. The maximum absolute atomic E-state index is 13.2. The van der Waals surface area contributed by atoms with Gasteiger partial charge in [0.05, 0.1) is 4.90 Å². The predicted molar refractivity (Wildman–Crippen MR) is 143 cm³/mol. The van der Waals surface area contributed by atoms with Gasteiger partial charge in [-0.05, 0) is 43.0 Å². The molecule has 1 saturated heterocycles. The lowest BCUT2D eigenvalue weighted by Gasteiger charge is -2.31. The number of ketones is 1. The van der Waals surface area contributed by atoms with Gasteiger partial charge in [-0.25, -0.2) is 13.1 Å². The highest BCUT2D eigenvalue weighted by molar-refractivity contribution is 7.89. The number of Topliss-reactive ketones (excluding diaryl/α,β-unsaturated/α-hetero) is 1. The molecule has 0 saturated carbocycles. The van der Waals surface area contributed by atoms with Crippen molar-refractivity contribution in [2.75, 3.05) is 38.6 Å². The highest BCUT2D eigenvalue weighted by atomic mass is 32.2. The molecule has 1 aliphatic rings. The van der Waals surface area contributed by atoms with Crippen molar-refractivity contribution in [3.8, 4) is 0 Å². The first-order chi connectivity index (χ1) is 17.7. The van der Waals surface area contributed by atoms with Crippen molar-refractivity contribution in [1.29, 1.82) is 0 Å². The average molecular weight is 520 g/mol. The minimum atomic E-state index is -3.74. The molecule has 5 rings (SSSR count). The highest BCUT2D eigenvalue weighted by Crippen LogP contribution is 2.30. The summed E-state index contributed by atoms with van der Waals surface area (Å²) in [6.45, 7) is 1.04. The first-order valence-electron chi connectivity index (χ1n) is 12.3. The van der Waals surface area contributed by atoms with E-state index in [1.807, 2.05) is 61.5 Å². The van der Waals surface area contributed by atoms with Gasteiger partial charge in [-0.2, -0.15) is 0 Å². The van der Waals surface area contributed by atoms with E-state index >= 15 is 0 Å². The quantitative estimate of drug-likeness (QED) is 0.292. The summed E-state index contributed by atoms with van der Waals surface area (Å²) in [6, 6.07) is 19.7. The molecule has 1 aromatic heterocycles. The van der Waals surface area contributed by atoms with Crippen LogP contribution in [0.2, 0.25) is 0 Å². The van der Waals surface area contributed by atoms with Crippen LogP contribution in [0.25, 0.3) is 21.7 Å². The third-order valence-corrected chi connectivity index (χ3v) is 8.42. The standard InChI is InChI=1S/C28H29N3O5S/c1-30(2)23-10-5-9-22-21(23)8-6-12-26(22)37(34,35)29-18-19-13-15-31(16-14-19)28(33)27(32)25-17-20-7-3-4-11-24(20)36-25/h3-12,17,19,29H,13-16,18H2,1-2H3. The van der Waals surface area contributed by atoms with Crippen LogP contribution >= 0.6 is 0 Å². The van der Waals surface area contributed by atoms with E-state index in [0.717, 1.165) is 16.5 Å². The van der Waals surface area contributed by atoms with E-state index in [2.05, 4.69) is 4.72 Å². The number of carbonyl (C=O) groups excluding carboxylic acids is 2. The molecule has 1 amide bonds. The third-order valence-electron chi connectivity index (χ3n) is 6.94. The SMILES string of the molecule is CN(C)c1cccc2c(S(=O)(=O)NCC3CCN(C(=O)C(=O)c4cc5ccccc5o4)CC3)cccc12. The summed E-state index contributed by atoms with van der Waals surface area (Å²) in [5, 5.41) is 2.32. The number of benzene rings is 3. The number of amides is 1. The Kier molecular flexibility index (Phi) is 6.74. The molecule has 1 aliphatic heterocycles. The molecule has 0 aliphatic carbocycles. The molecule has 0 atom stereocenters. The summed E-state index contributed by atoms with van der Waals surface area (Å²) in [7, 11) is 0.116. The van der Waals surface area contributed by atoms with Crippen LogP contribution in [0.3, 0.4) is 0 Å². The molecule has 0 bridgehead atoms. The van der Waals surface area contributed by atoms with E-state index in [1.54, 1.807) is 24.3 Å². The number of fused-ring (bicyclic) bond motifs is 2. The number of furan rings is 1. The molecule has 9 heteroatoms. The molecule has 4 aromatic rings. The van der Waals surface area contributed by atoms with Gasteiger partial charge in [0, 0.05) is 55.6 Å². The molecule has 192 valence electrons. The van der Waals surface area contributed by atoms with E-state index in [4.69, 9.17) is 4.42 Å². The van der Waals surface area contributed by atoms with E-state index in [1.165, 1.54) is 4.90 Å². The largest absolute Gasteiger partial charge is 0.452 e. The number of anilines is 1. The second-order valence-corrected chi connectivity index (χ2v) is 11.3. The molecule has 37 heavy (non-hydrogen) atoms. The Labute approximate surface area is 215 Å². The lowest BCUT2D eigenvalue weighted by molar-refractivity contribution is -0.127. The van der Waals surface area contributed by atoms with Crippen LogP contribution in [0.4, 0.5) is 5.69 Å². The molecule has 0 spiro atoms. The summed E-state index contributed by atoms with van der Waals surface area (Å²) in [4.78, 5) is 29.2. The van der Waals surface area contributed by atoms with Gasteiger partial charge >= 0.3 is 0 Å². The fourth-order valence-electron chi connectivity index (χ4n) is 4.88. The second kappa shape index (κ2) is 9.99. The maximum atomic E-state index is 13.2. The van der Waals surface area contributed by atoms with E-state index in [9.17, 15) is 18.0 Å². The fourth-order valence-corrected chi connectivity index (χ4v) is 6.21. The fraction of sp³-hybridized carbons (Fsp3) is 0.286. The summed E-state index contributed by atoms with van der Waals surface area (Å²) in [6.07, 6.45) is 1.20. The Hall–Kier alpha value is -3.69. The van der Waals surface area contributed by atoms with E-state index < -0.39 is 21.7 Å². The summed E-state index contributed by atoms with van der Waals surface area (Å²) in [5.41, 5.74) is 1.51. The zero-order valence-corrected chi connectivity index (χ0v) is 21.6. The number of likely N-dealkylation sites (tertiary alicyclic amines) is 1. The van der Waals surface area contributed by atoms with Crippen LogP contribution in [0.5, 0.6) is 0 Å². The normalized spacial score (nSPS) is 14.8. The Morgan fingerprint density at radius 3 is 2.41 bits per heavy atom. The van der Waals surface area contributed by atoms with Crippen LogP contribution in [0, 0.1) is 5.92 Å². The van der Waals surface area contributed by atoms with Gasteiger partial charge in [-0.1, -0.05) is 42.5 Å². The third kappa shape index (κ3) is 4.97. The molecular weight excluding hydrogens is 490 g/mol. The number of para-hydroxylation sites is 1. The van der Waals surface area contributed by atoms with Gasteiger partial charge in [0.25, 0.3) is 11.7 Å². The van der Waals surface area contributed by atoms with Crippen molar-refractivity contribution < 1.29 is 22.4 Å². The predicted octanol–water partition coefficient (Wildman–Crippen LogP) is 4.05. The van der Waals surface area contributed by atoms with Crippen LogP contribution < -0.4 is 9.62 Å². The minimum Gasteiger partial charge on any atom is -0.452 e. The van der Waals surface area contributed by atoms with Crippen molar-refractivity contribution in [2.45, 2.75) is 17.7 Å². The van der Waals surface area contributed by atoms with Crippen LogP contribution in [-0.4, -0.2) is 58.7 Å². The van der Waals surface area contributed by atoms with Crippen molar-refractivity contribution in [2.24, 2.45) is 5.92 Å². The smallest absolute Gasteiger partial charge is 0.298 e. The van der Waals surface area contributed by atoms with Crippen molar-refractivity contribution >= 4 is 49.1 Å². The topological polar surface area (TPSA) is 99.9 Å². The lowest BCUT2D eigenvalue weighted by atomic mass is 9.97. The monoisotopic (exact) mass is 519 g/mol. The molecule has 2 heterocycles. The Morgan fingerprint density at radius 1 is 0.973 bits per heavy atom. The molecule has 0 unspecified atom stereocenters. The van der Waals surface area contributed by atoms with E-state index in [-0.39, 0.29) is 23.1 Å². The van der Waals surface area contributed by atoms with Gasteiger partial charge < -0.3 is 14.2 Å². The van der Waals surface area contributed by atoms with Crippen molar-refractivity contribution in [3.05, 3.63) is 72.5 Å². The molecule has 1 N–H and O–H groups in total. The zero-order chi connectivity index (χ0) is 26.2. The number of nitrogens with zero attached hydrogens (tertiary/aromatic N) is 2. The number of rotatable bonds is 7. The van der Waals surface area contributed by atoms with Gasteiger partial charge in [0.2, 0.25) is 10.0 Å². The second-order valence-electron chi connectivity index (χ2n) is 9.59. The Balaban J connectivity index is 1.21. The average Bonchev–Trinajstić information content (AvgIpc) is 3.35.